The lowest BCUT2D eigenvalue weighted by Crippen LogP contribution is -2.27. The quantitative estimate of drug-likeness (QED) is 0.571. The molecule has 3 nitrogen and oxygen atoms in total. The standard InChI is InChI=1S/C13H15Cl2N3/c14-11-8-10(17-12(15)18-11)13(9-16)6-4-2-1-3-5-7-13/h8H,1-7H2. The molecule has 2 rings (SSSR count). The molecule has 1 fully saturated rings. The summed E-state index contributed by atoms with van der Waals surface area (Å²) in [6, 6.07) is 4.13. The fourth-order valence-corrected chi connectivity index (χ4v) is 2.98. The molecule has 0 aromatic carbocycles. The number of aromatic nitrogens is 2. The van der Waals surface area contributed by atoms with Crippen molar-refractivity contribution in [2.75, 3.05) is 0 Å². The Balaban J connectivity index is 2.37. The van der Waals surface area contributed by atoms with Gasteiger partial charge in [-0.3, -0.25) is 0 Å². The summed E-state index contributed by atoms with van der Waals surface area (Å²) in [5, 5.41) is 10.0. The maximum atomic E-state index is 9.60. The number of rotatable bonds is 1. The van der Waals surface area contributed by atoms with E-state index in [2.05, 4.69) is 16.0 Å². The summed E-state index contributed by atoms with van der Waals surface area (Å²) in [6.45, 7) is 0. The zero-order valence-corrected chi connectivity index (χ0v) is 11.6. The molecule has 0 radical (unpaired) electrons. The van der Waals surface area contributed by atoms with E-state index in [-0.39, 0.29) is 5.28 Å². The van der Waals surface area contributed by atoms with Gasteiger partial charge in [0.05, 0.1) is 17.2 Å². The van der Waals surface area contributed by atoms with Gasteiger partial charge in [0.25, 0.3) is 0 Å². The highest BCUT2D eigenvalue weighted by Gasteiger charge is 2.34. The Hall–Kier alpha value is -0.850. The molecule has 18 heavy (non-hydrogen) atoms. The Morgan fingerprint density at radius 3 is 2.22 bits per heavy atom. The zero-order chi connectivity index (χ0) is 13.0. The molecule has 0 spiro atoms. The summed E-state index contributed by atoms with van der Waals surface area (Å²) >= 11 is 11.8. The van der Waals surface area contributed by atoms with Crippen molar-refractivity contribution in [3.05, 3.63) is 22.2 Å². The normalized spacial score (nSPS) is 19.6. The SMILES string of the molecule is N#CC1(c2cc(Cl)nc(Cl)n2)CCCCCCC1. The van der Waals surface area contributed by atoms with E-state index in [1.165, 1.54) is 19.3 Å². The number of halogens is 2. The van der Waals surface area contributed by atoms with Crippen molar-refractivity contribution < 1.29 is 0 Å². The maximum absolute atomic E-state index is 9.60. The summed E-state index contributed by atoms with van der Waals surface area (Å²) in [5.74, 6) is 0. The summed E-state index contributed by atoms with van der Waals surface area (Å²) in [5.41, 5.74) is 0.133. The topological polar surface area (TPSA) is 49.6 Å². The van der Waals surface area contributed by atoms with Crippen molar-refractivity contribution in [2.45, 2.75) is 50.4 Å². The van der Waals surface area contributed by atoms with Crippen LogP contribution in [0.25, 0.3) is 0 Å². The molecule has 5 heteroatoms. The van der Waals surface area contributed by atoms with E-state index < -0.39 is 5.41 Å². The highest BCUT2D eigenvalue weighted by molar-refractivity contribution is 6.31. The molecule has 1 aromatic rings. The number of hydrogen-bond acceptors (Lipinski definition) is 3. The van der Waals surface area contributed by atoms with Crippen LogP contribution in [0.4, 0.5) is 0 Å². The Kier molecular flexibility index (Phi) is 4.42. The van der Waals surface area contributed by atoms with Gasteiger partial charge in [-0.2, -0.15) is 5.26 Å². The first-order valence-corrected chi connectivity index (χ1v) is 7.04. The van der Waals surface area contributed by atoms with E-state index in [1.807, 2.05) is 0 Å². The van der Waals surface area contributed by atoms with Gasteiger partial charge in [0, 0.05) is 0 Å². The van der Waals surface area contributed by atoms with Crippen molar-refractivity contribution in [3.63, 3.8) is 0 Å². The van der Waals surface area contributed by atoms with E-state index in [1.54, 1.807) is 6.07 Å². The van der Waals surface area contributed by atoms with Gasteiger partial charge in [0.15, 0.2) is 0 Å². The number of nitriles is 1. The largest absolute Gasteiger partial charge is 0.224 e. The Bertz CT molecular complexity index is 440. The van der Waals surface area contributed by atoms with Crippen molar-refractivity contribution in [1.82, 2.24) is 9.97 Å². The van der Waals surface area contributed by atoms with Crippen molar-refractivity contribution in [3.8, 4) is 6.07 Å². The Labute approximate surface area is 117 Å². The van der Waals surface area contributed by atoms with Crippen LogP contribution in [0.5, 0.6) is 0 Å². The molecule has 0 unspecified atom stereocenters. The molecule has 0 amide bonds. The summed E-state index contributed by atoms with van der Waals surface area (Å²) in [4.78, 5) is 8.07. The van der Waals surface area contributed by atoms with Gasteiger partial charge in [-0.25, -0.2) is 9.97 Å². The number of hydrogen-bond donors (Lipinski definition) is 0. The lowest BCUT2D eigenvalue weighted by atomic mass is 9.75. The summed E-state index contributed by atoms with van der Waals surface area (Å²) in [7, 11) is 0. The third-order valence-electron chi connectivity index (χ3n) is 3.58. The third-order valence-corrected chi connectivity index (χ3v) is 3.94. The van der Waals surface area contributed by atoms with Crippen LogP contribution in [0, 0.1) is 11.3 Å². The fraction of sp³-hybridized carbons (Fsp3) is 0.615. The second-order valence-electron chi connectivity index (χ2n) is 4.81. The zero-order valence-electron chi connectivity index (χ0n) is 10.1. The molecule has 1 saturated carbocycles. The van der Waals surface area contributed by atoms with Crippen LogP contribution in [-0.2, 0) is 5.41 Å². The maximum Gasteiger partial charge on any atom is 0.224 e. The van der Waals surface area contributed by atoms with Crippen molar-refractivity contribution in [1.29, 1.82) is 5.26 Å². The molecule has 0 atom stereocenters. The average Bonchev–Trinajstić information content (AvgIpc) is 2.28. The van der Waals surface area contributed by atoms with Gasteiger partial charge in [-0.1, -0.05) is 43.7 Å². The van der Waals surface area contributed by atoms with Gasteiger partial charge < -0.3 is 0 Å². The Morgan fingerprint density at radius 2 is 1.67 bits per heavy atom. The van der Waals surface area contributed by atoms with E-state index in [0.29, 0.717) is 10.8 Å². The van der Waals surface area contributed by atoms with Crippen LogP contribution in [0.2, 0.25) is 10.4 Å². The smallest absolute Gasteiger partial charge is 0.221 e. The van der Waals surface area contributed by atoms with Gasteiger partial charge in [-0.15, -0.1) is 0 Å². The molecule has 1 heterocycles. The van der Waals surface area contributed by atoms with Gasteiger partial charge >= 0.3 is 0 Å². The van der Waals surface area contributed by atoms with Crippen LogP contribution in [0.15, 0.2) is 6.07 Å². The predicted molar refractivity (Wildman–Crippen MR) is 71.7 cm³/mol. The second kappa shape index (κ2) is 5.86. The molecule has 0 aliphatic heterocycles. The molecule has 0 N–H and O–H groups in total. The predicted octanol–water partition coefficient (Wildman–Crippen LogP) is 4.29. The van der Waals surface area contributed by atoms with E-state index in [0.717, 1.165) is 25.7 Å². The second-order valence-corrected chi connectivity index (χ2v) is 5.53. The fourth-order valence-electron chi connectivity index (χ4n) is 2.57. The highest BCUT2D eigenvalue weighted by atomic mass is 35.5. The van der Waals surface area contributed by atoms with E-state index in [4.69, 9.17) is 23.2 Å². The number of nitrogens with zero attached hydrogens (tertiary/aromatic N) is 3. The lowest BCUT2D eigenvalue weighted by molar-refractivity contribution is 0.378. The minimum Gasteiger partial charge on any atom is -0.221 e. The molecule has 1 aliphatic carbocycles. The van der Waals surface area contributed by atoms with Gasteiger partial charge in [0.2, 0.25) is 5.28 Å². The van der Waals surface area contributed by atoms with Crippen LogP contribution in [0.3, 0.4) is 0 Å². The monoisotopic (exact) mass is 283 g/mol. The van der Waals surface area contributed by atoms with Gasteiger partial charge in [0.1, 0.15) is 5.15 Å². The molecule has 1 aromatic heterocycles. The van der Waals surface area contributed by atoms with Crippen molar-refractivity contribution >= 4 is 23.2 Å². The van der Waals surface area contributed by atoms with E-state index >= 15 is 0 Å². The first kappa shape index (κ1) is 13.6. The van der Waals surface area contributed by atoms with Crippen LogP contribution in [-0.4, -0.2) is 9.97 Å². The Morgan fingerprint density at radius 1 is 1.06 bits per heavy atom. The molecule has 0 bridgehead atoms. The molecule has 1 aliphatic rings. The first-order chi connectivity index (χ1) is 8.66. The minimum absolute atomic E-state index is 0.120. The summed E-state index contributed by atoms with van der Waals surface area (Å²) in [6.07, 6.45) is 7.36. The van der Waals surface area contributed by atoms with Crippen LogP contribution < -0.4 is 0 Å². The average molecular weight is 284 g/mol. The molecule has 0 saturated heterocycles. The minimum atomic E-state index is -0.545. The lowest BCUT2D eigenvalue weighted by Gasteiger charge is -2.28. The molecule has 96 valence electrons. The van der Waals surface area contributed by atoms with Crippen LogP contribution >= 0.6 is 23.2 Å². The molecular weight excluding hydrogens is 269 g/mol. The molecular formula is C13H15Cl2N3. The highest BCUT2D eigenvalue weighted by Crippen LogP contribution is 2.37. The van der Waals surface area contributed by atoms with Crippen LogP contribution in [0.1, 0.15) is 50.6 Å². The summed E-state index contributed by atoms with van der Waals surface area (Å²) < 4.78 is 0. The van der Waals surface area contributed by atoms with Crippen molar-refractivity contribution in [2.24, 2.45) is 0 Å². The van der Waals surface area contributed by atoms with Gasteiger partial charge in [-0.05, 0) is 30.5 Å². The first-order valence-electron chi connectivity index (χ1n) is 6.28. The van der Waals surface area contributed by atoms with E-state index in [9.17, 15) is 5.26 Å². The third kappa shape index (κ3) is 2.93.